The monoisotopic (exact) mass is 230 g/mol. The van der Waals surface area contributed by atoms with Gasteiger partial charge in [0.2, 0.25) is 0 Å². The van der Waals surface area contributed by atoms with Crippen LogP contribution in [0.2, 0.25) is 0 Å². The van der Waals surface area contributed by atoms with Crippen LogP contribution in [0.4, 0.5) is 4.39 Å². The molecule has 0 aliphatic rings. The lowest BCUT2D eigenvalue weighted by molar-refractivity contribution is 0.281. The maximum Gasteiger partial charge on any atom is 0.176 e. The van der Waals surface area contributed by atoms with Gasteiger partial charge in [-0.15, -0.1) is 0 Å². The molecular weight excluding hydrogens is 219 g/mol. The standard InChI is InChI=1S/C10H11FO3S/c1-7(11)10-8(6-12)4-3-5-9(10)15(2,13)14/h3-5,12H,1,6H2,2H3. The van der Waals surface area contributed by atoms with Crippen molar-refractivity contribution in [2.24, 2.45) is 0 Å². The first-order chi connectivity index (χ1) is 6.88. The molecule has 0 aliphatic carbocycles. The lowest BCUT2D eigenvalue weighted by Crippen LogP contribution is -2.04. The third-order valence-electron chi connectivity index (χ3n) is 1.95. The van der Waals surface area contributed by atoms with Crippen molar-refractivity contribution in [2.75, 3.05) is 6.26 Å². The van der Waals surface area contributed by atoms with E-state index in [2.05, 4.69) is 6.58 Å². The van der Waals surface area contributed by atoms with Crippen molar-refractivity contribution in [3.8, 4) is 0 Å². The molecule has 0 aliphatic heterocycles. The van der Waals surface area contributed by atoms with E-state index in [1.165, 1.54) is 18.2 Å². The molecule has 0 aromatic heterocycles. The summed E-state index contributed by atoms with van der Waals surface area (Å²) in [5.41, 5.74) is 0.0768. The minimum atomic E-state index is -3.52. The number of benzene rings is 1. The average Bonchev–Trinajstić information content (AvgIpc) is 2.15. The fourth-order valence-electron chi connectivity index (χ4n) is 1.33. The van der Waals surface area contributed by atoms with Crippen LogP contribution in [0.1, 0.15) is 11.1 Å². The molecule has 0 amide bonds. The van der Waals surface area contributed by atoms with Gasteiger partial charge >= 0.3 is 0 Å². The van der Waals surface area contributed by atoms with Crippen LogP contribution in [0.3, 0.4) is 0 Å². The van der Waals surface area contributed by atoms with E-state index >= 15 is 0 Å². The first kappa shape index (κ1) is 11.9. The van der Waals surface area contributed by atoms with Crippen LogP contribution in [0, 0.1) is 0 Å². The van der Waals surface area contributed by atoms with Gasteiger partial charge in [-0.25, -0.2) is 12.8 Å². The molecule has 1 aromatic rings. The Kier molecular flexibility index (Phi) is 3.26. The summed E-state index contributed by atoms with van der Waals surface area (Å²) < 4.78 is 35.8. The summed E-state index contributed by atoms with van der Waals surface area (Å²) in [6.07, 6.45) is 0.982. The van der Waals surface area contributed by atoms with Gasteiger partial charge < -0.3 is 5.11 Å². The second-order valence-electron chi connectivity index (χ2n) is 3.13. The number of rotatable bonds is 3. The van der Waals surface area contributed by atoms with Crippen LogP contribution in [-0.2, 0) is 16.4 Å². The molecule has 0 saturated carbocycles. The fraction of sp³-hybridized carbons (Fsp3) is 0.200. The minimum absolute atomic E-state index is 0.137. The highest BCUT2D eigenvalue weighted by Gasteiger charge is 2.18. The maximum absolute atomic E-state index is 13.1. The van der Waals surface area contributed by atoms with E-state index in [0.717, 1.165) is 6.26 Å². The van der Waals surface area contributed by atoms with Crippen LogP contribution in [0.5, 0.6) is 0 Å². The van der Waals surface area contributed by atoms with Crippen LogP contribution < -0.4 is 0 Å². The third kappa shape index (κ3) is 2.43. The van der Waals surface area contributed by atoms with E-state index in [4.69, 9.17) is 5.11 Å². The zero-order chi connectivity index (χ0) is 11.6. The van der Waals surface area contributed by atoms with Crippen molar-refractivity contribution in [3.05, 3.63) is 35.9 Å². The molecule has 1 rings (SSSR count). The number of hydrogen-bond acceptors (Lipinski definition) is 3. The van der Waals surface area contributed by atoms with E-state index in [1.54, 1.807) is 0 Å². The van der Waals surface area contributed by atoms with Gasteiger partial charge in [0, 0.05) is 11.8 Å². The van der Waals surface area contributed by atoms with Gasteiger partial charge in [0.25, 0.3) is 0 Å². The molecule has 82 valence electrons. The predicted molar refractivity (Wildman–Crippen MR) is 55.6 cm³/mol. The topological polar surface area (TPSA) is 54.4 Å². The second kappa shape index (κ2) is 4.12. The van der Waals surface area contributed by atoms with Crippen molar-refractivity contribution in [1.82, 2.24) is 0 Å². The summed E-state index contributed by atoms with van der Waals surface area (Å²) >= 11 is 0. The Morgan fingerprint density at radius 3 is 2.53 bits per heavy atom. The Morgan fingerprint density at radius 1 is 1.53 bits per heavy atom. The zero-order valence-electron chi connectivity index (χ0n) is 8.20. The highest BCUT2D eigenvalue weighted by Crippen LogP contribution is 2.27. The normalized spacial score (nSPS) is 11.4. The van der Waals surface area contributed by atoms with E-state index < -0.39 is 22.3 Å². The van der Waals surface area contributed by atoms with Crippen molar-refractivity contribution in [2.45, 2.75) is 11.5 Å². The molecular formula is C10H11FO3S. The summed E-state index contributed by atoms with van der Waals surface area (Å²) in [4.78, 5) is -0.151. The smallest absolute Gasteiger partial charge is 0.176 e. The Labute approximate surface area is 87.8 Å². The summed E-state index contributed by atoms with van der Waals surface area (Å²) in [6.45, 7) is 2.64. The maximum atomic E-state index is 13.1. The molecule has 1 N–H and O–H groups in total. The fourth-order valence-corrected chi connectivity index (χ4v) is 2.26. The second-order valence-corrected chi connectivity index (χ2v) is 5.11. The molecule has 1 aromatic carbocycles. The first-order valence-electron chi connectivity index (χ1n) is 4.15. The third-order valence-corrected chi connectivity index (χ3v) is 3.09. The van der Waals surface area contributed by atoms with Gasteiger partial charge in [0.15, 0.2) is 9.84 Å². The van der Waals surface area contributed by atoms with Gasteiger partial charge in [-0.05, 0) is 11.6 Å². The molecule has 0 saturated heterocycles. The zero-order valence-corrected chi connectivity index (χ0v) is 9.01. The Morgan fingerprint density at radius 2 is 2.13 bits per heavy atom. The van der Waals surface area contributed by atoms with Crippen LogP contribution in [0.25, 0.3) is 5.83 Å². The minimum Gasteiger partial charge on any atom is -0.392 e. The largest absolute Gasteiger partial charge is 0.392 e. The Hall–Kier alpha value is -1.20. The quantitative estimate of drug-likeness (QED) is 0.856. The summed E-state index contributed by atoms with van der Waals surface area (Å²) in [5, 5.41) is 8.95. The van der Waals surface area contributed by atoms with Crippen molar-refractivity contribution in [3.63, 3.8) is 0 Å². The number of aliphatic hydroxyl groups excluding tert-OH is 1. The van der Waals surface area contributed by atoms with E-state index in [1.807, 2.05) is 0 Å². The predicted octanol–water partition coefficient (Wildman–Crippen LogP) is 1.52. The summed E-state index contributed by atoms with van der Waals surface area (Å²) in [7, 11) is -3.52. The van der Waals surface area contributed by atoms with E-state index in [0.29, 0.717) is 0 Å². The molecule has 0 atom stereocenters. The number of aliphatic hydroxyl groups is 1. The van der Waals surface area contributed by atoms with E-state index in [9.17, 15) is 12.8 Å². The van der Waals surface area contributed by atoms with Crippen molar-refractivity contribution < 1.29 is 17.9 Å². The molecule has 3 nitrogen and oxygen atoms in total. The molecule has 15 heavy (non-hydrogen) atoms. The molecule has 0 unspecified atom stereocenters. The molecule has 0 heterocycles. The lowest BCUT2D eigenvalue weighted by atomic mass is 10.1. The SMILES string of the molecule is C=C(F)c1c(CO)cccc1S(C)(=O)=O. The Balaban J connectivity index is 3.60. The van der Waals surface area contributed by atoms with Crippen molar-refractivity contribution in [1.29, 1.82) is 0 Å². The molecule has 0 fully saturated rings. The molecule has 5 heteroatoms. The van der Waals surface area contributed by atoms with Gasteiger partial charge in [-0.1, -0.05) is 18.7 Å². The molecule has 0 spiro atoms. The van der Waals surface area contributed by atoms with Crippen LogP contribution >= 0.6 is 0 Å². The lowest BCUT2D eigenvalue weighted by Gasteiger charge is -2.09. The van der Waals surface area contributed by atoms with Crippen LogP contribution in [0.15, 0.2) is 29.7 Å². The van der Waals surface area contributed by atoms with Gasteiger partial charge in [0.05, 0.1) is 11.5 Å². The number of hydrogen-bond donors (Lipinski definition) is 1. The van der Waals surface area contributed by atoms with Gasteiger partial charge in [-0.2, -0.15) is 0 Å². The molecule has 0 bridgehead atoms. The van der Waals surface area contributed by atoms with Gasteiger partial charge in [0.1, 0.15) is 5.83 Å². The van der Waals surface area contributed by atoms with E-state index in [-0.39, 0.29) is 16.0 Å². The first-order valence-corrected chi connectivity index (χ1v) is 6.04. The number of halogens is 1. The van der Waals surface area contributed by atoms with Crippen molar-refractivity contribution >= 4 is 15.7 Å². The highest BCUT2D eigenvalue weighted by molar-refractivity contribution is 7.90. The Bertz CT molecular complexity index is 491. The molecule has 0 radical (unpaired) electrons. The highest BCUT2D eigenvalue weighted by atomic mass is 32.2. The van der Waals surface area contributed by atoms with Crippen LogP contribution in [-0.4, -0.2) is 19.8 Å². The summed E-state index contributed by atoms with van der Waals surface area (Å²) in [5.74, 6) is -0.861. The van der Waals surface area contributed by atoms with Gasteiger partial charge in [-0.3, -0.25) is 0 Å². The number of sulfone groups is 1. The summed E-state index contributed by atoms with van der Waals surface area (Å²) in [6, 6.07) is 4.19. The average molecular weight is 230 g/mol.